The third-order valence-electron chi connectivity index (χ3n) is 3.26. The number of aliphatic carboxylic acids is 1. The summed E-state index contributed by atoms with van der Waals surface area (Å²) in [5, 5.41) is 14.8. The number of aryl methyl sites for hydroxylation is 1. The largest absolute Gasteiger partial charge is 0.481 e. The Balaban J connectivity index is 2.80. The van der Waals surface area contributed by atoms with Crippen LogP contribution in [0.15, 0.2) is 5.38 Å². The summed E-state index contributed by atoms with van der Waals surface area (Å²) in [5.74, 6) is -0.945. The number of thiazole rings is 1. The summed E-state index contributed by atoms with van der Waals surface area (Å²) in [6.07, 6.45) is 0.0612. The number of carbonyl (C=O) groups is 2. The number of ether oxygens (including phenoxy) is 1. The van der Waals surface area contributed by atoms with Crippen molar-refractivity contribution in [2.45, 2.75) is 53.1 Å². The Kier molecular flexibility index (Phi) is 5.93. The van der Waals surface area contributed by atoms with Gasteiger partial charge in [0, 0.05) is 24.0 Å². The van der Waals surface area contributed by atoms with Crippen LogP contribution < -0.4 is 5.32 Å². The lowest BCUT2D eigenvalue weighted by atomic mass is 9.82. The molecule has 0 fully saturated rings. The molecule has 1 heterocycles. The zero-order valence-electron chi connectivity index (χ0n) is 13.7. The van der Waals surface area contributed by atoms with Crippen molar-refractivity contribution in [3.05, 3.63) is 16.1 Å². The van der Waals surface area contributed by atoms with Gasteiger partial charge >= 0.3 is 12.1 Å². The van der Waals surface area contributed by atoms with Gasteiger partial charge in [-0.25, -0.2) is 9.78 Å². The second-order valence-corrected chi connectivity index (χ2v) is 7.30. The van der Waals surface area contributed by atoms with Gasteiger partial charge in [0.05, 0.1) is 10.4 Å². The molecular weight excluding hydrogens is 304 g/mol. The number of hydrogen-bond acceptors (Lipinski definition) is 5. The number of amides is 1. The highest BCUT2D eigenvalue weighted by atomic mass is 32.1. The Labute approximate surface area is 134 Å². The molecule has 0 bridgehead atoms. The van der Waals surface area contributed by atoms with E-state index in [1.807, 2.05) is 12.3 Å². The first-order valence-electron chi connectivity index (χ1n) is 7.19. The summed E-state index contributed by atoms with van der Waals surface area (Å²) >= 11 is 1.44. The molecule has 1 aromatic heterocycles. The van der Waals surface area contributed by atoms with Gasteiger partial charge in [0.15, 0.2) is 0 Å². The van der Waals surface area contributed by atoms with E-state index in [0.29, 0.717) is 6.42 Å². The number of hydrogen-bond donors (Lipinski definition) is 2. The van der Waals surface area contributed by atoms with Crippen LogP contribution in [0.2, 0.25) is 0 Å². The van der Waals surface area contributed by atoms with Crippen LogP contribution in [-0.2, 0) is 16.0 Å². The van der Waals surface area contributed by atoms with E-state index in [0.717, 1.165) is 10.7 Å². The van der Waals surface area contributed by atoms with Gasteiger partial charge in [-0.3, -0.25) is 4.79 Å². The van der Waals surface area contributed by atoms with Crippen LogP contribution >= 0.6 is 11.3 Å². The Hall–Kier alpha value is -1.63. The Morgan fingerprint density at radius 2 is 2.05 bits per heavy atom. The first-order valence-corrected chi connectivity index (χ1v) is 8.07. The van der Waals surface area contributed by atoms with E-state index in [1.165, 1.54) is 11.3 Å². The average molecular weight is 328 g/mol. The van der Waals surface area contributed by atoms with Gasteiger partial charge in [-0.1, -0.05) is 6.92 Å². The Morgan fingerprint density at radius 3 is 2.45 bits per heavy atom. The van der Waals surface area contributed by atoms with E-state index in [4.69, 9.17) is 4.74 Å². The molecule has 0 saturated carbocycles. The van der Waals surface area contributed by atoms with Gasteiger partial charge in [0.1, 0.15) is 5.60 Å². The monoisotopic (exact) mass is 328 g/mol. The number of rotatable bonds is 6. The molecule has 1 amide bonds. The molecule has 1 atom stereocenters. The van der Waals surface area contributed by atoms with Gasteiger partial charge < -0.3 is 15.2 Å². The number of carbonyl (C=O) groups excluding carboxylic acids is 1. The van der Waals surface area contributed by atoms with Crippen LogP contribution in [0.25, 0.3) is 0 Å². The lowest BCUT2D eigenvalue weighted by Gasteiger charge is -2.28. The summed E-state index contributed by atoms with van der Waals surface area (Å²) < 4.78 is 5.16. The number of nitrogens with zero attached hydrogens (tertiary/aromatic N) is 1. The van der Waals surface area contributed by atoms with Gasteiger partial charge in [-0.05, 0) is 34.1 Å². The third kappa shape index (κ3) is 5.29. The summed E-state index contributed by atoms with van der Waals surface area (Å²) in [6, 6.07) is 0. The Bertz CT molecular complexity index is 536. The molecule has 0 aromatic carbocycles. The lowest BCUT2D eigenvalue weighted by molar-refractivity contribution is -0.148. The van der Waals surface area contributed by atoms with Gasteiger partial charge in [-0.2, -0.15) is 0 Å². The average Bonchev–Trinajstić information content (AvgIpc) is 2.77. The first kappa shape index (κ1) is 18.4. The van der Waals surface area contributed by atoms with Crippen molar-refractivity contribution in [2.75, 3.05) is 6.54 Å². The molecule has 1 unspecified atom stereocenters. The fraction of sp³-hybridized carbons (Fsp3) is 0.667. The maximum Gasteiger partial charge on any atom is 0.407 e. The van der Waals surface area contributed by atoms with Gasteiger partial charge in [0.25, 0.3) is 0 Å². The molecule has 2 N–H and O–H groups in total. The van der Waals surface area contributed by atoms with E-state index in [1.54, 1.807) is 27.7 Å². The number of carboxylic acid groups (broad SMARTS) is 1. The molecule has 7 heteroatoms. The maximum atomic E-state index is 11.8. The molecule has 124 valence electrons. The molecule has 1 aromatic rings. The highest BCUT2D eigenvalue weighted by Crippen LogP contribution is 2.28. The Morgan fingerprint density at radius 1 is 1.41 bits per heavy atom. The van der Waals surface area contributed by atoms with Crippen LogP contribution in [0.5, 0.6) is 0 Å². The number of nitrogens with one attached hydrogen (secondary N) is 1. The van der Waals surface area contributed by atoms with E-state index >= 15 is 0 Å². The predicted octanol–water partition coefficient (Wildman–Crippen LogP) is 3.00. The predicted molar refractivity (Wildman–Crippen MR) is 85.2 cm³/mol. The van der Waals surface area contributed by atoms with Gasteiger partial charge in [-0.15, -0.1) is 11.3 Å². The van der Waals surface area contributed by atoms with E-state index < -0.39 is 23.1 Å². The summed E-state index contributed by atoms with van der Waals surface area (Å²) in [6.45, 7) is 8.95. The van der Waals surface area contributed by atoms with Crippen molar-refractivity contribution in [3.8, 4) is 0 Å². The van der Waals surface area contributed by atoms with Crippen molar-refractivity contribution in [3.63, 3.8) is 0 Å². The topological polar surface area (TPSA) is 88.5 Å². The molecule has 6 nitrogen and oxygen atoms in total. The number of carboxylic acids is 1. The van der Waals surface area contributed by atoms with Crippen LogP contribution in [-0.4, -0.2) is 34.3 Å². The van der Waals surface area contributed by atoms with Crippen molar-refractivity contribution in [1.82, 2.24) is 10.3 Å². The summed E-state index contributed by atoms with van der Waals surface area (Å²) in [7, 11) is 0. The van der Waals surface area contributed by atoms with Crippen LogP contribution in [0, 0.1) is 12.3 Å². The minimum Gasteiger partial charge on any atom is -0.481 e. The SMILES string of the molecule is CCC(CNC(=O)OC(C)(C)C)(Cc1nc(C)cs1)C(=O)O. The molecule has 1 rings (SSSR count). The zero-order chi connectivity index (χ0) is 17.0. The van der Waals surface area contributed by atoms with E-state index in [-0.39, 0.29) is 13.0 Å². The normalized spacial score (nSPS) is 14.2. The number of alkyl carbamates (subject to hydrolysis) is 1. The smallest absolute Gasteiger partial charge is 0.407 e. The molecule has 0 radical (unpaired) electrons. The zero-order valence-corrected chi connectivity index (χ0v) is 14.5. The summed E-state index contributed by atoms with van der Waals surface area (Å²) in [4.78, 5) is 27.8. The molecular formula is C15H24N2O4S. The van der Waals surface area contributed by atoms with Crippen LogP contribution in [0.4, 0.5) is 4.79 Å². The minimum absolute atomic E-state index is 0.00632. The fourth-order valence-electron chi connectivity index (χ4n) is 1.94. The maximum absolute atomic E-state index is 11.8. The van der Waals surface area contributed by atoms with Crippen molar-refractivity contribution >= 4 is 23.4 Å². The van der Waals surface area contributed by atoms with E-state index in [2.05, 4.69) is 10.3 Å². The third-order valence-corrected chi connectivity index (χ3v) is 4.22. The molecule has 0 aliphatic rings. The molecule has 0 spiro atoms. The van der Waals surface area contributed by atoms with E-state index in [9.17, 15) is 14.7 Å². The highest BCUT2D eigenvalue weighted by molar-refractivity contribution is 7.09. The molecule has 0 saturated heterocycles. The second-order valence-electron chi connectivity index (χ2n) is 6.35. The molecule has 22 heavy (non-hydrogen) atoms. The quantitative estimate of drug-likeness (QED) is 0.838. The van der Waals surface area contributed by atoms with Crippen molar-refractivity contribution in [2.24, 2.45) is 5.41 Å². The highest BCUT2D eigenvalue weighted by Gasteiger charge is 2.38. The minimum atomic E-state index is -1.08. The van der Waals surface area contributed by atoms with Gasteiger partial charge in [0.2, 0.25) is 0 Å². The molecule has 0 aliphatic heterocycles. The van der Waals surface area contributed by atoms with Crippen LogP contribution in [0.3, 0.4) is 0 Å². The standard InChI is InChI=1S/C15H24N2O4S/c1-6-15(12(18)19,7-11-17-10(2)8-22-11)9-16-13(20)21-14(3,4)5/h8H,6-7,9H2,1-5H3,(H,16,20)(H,18,19). The lowest BCUT2D eigenvalue weighted by Crippen LogP contribution is -2.45. The molecule has 0 aliphatic carbocycles. The fourth-order valence-corrected chi connectivity index (χ4v) is 2.86. The van der Waals surface area contributed by atoms with Crippen LogP contribution in [0.1, 0.15) is 44.8 Å². The van der Waals surface area contributed by atoms with Crippen molar-refractivity contribution < 1.29 is 19.4 Å². The first-order chi connectivity index (χ1) is 10.1. The number of aromatic nitrogens is 1. The van der Waals surface area contributed by atoms with Crippen molar-refractivity contribution in [1.29, 1.82) is 0 Å². The summed E-state index contributed by atoms with van der Waals surface area (Å²) in [5.41, 5.74) is -0.828. The second kappa shape index (κ2) is 7.09.